The van der Waals surface area contributed by atoms with Gasteiger partial charge in [0.25, 0.3) is 5.95 Å². The van der Waals surface area contributed by atoms with Crippen LogP contribution in [0.25, 0.3) is 0 Å². The number of ether oxygens (including phenoxy) is 1. The molecule has 10 N–H and O–H groups in total. The number of amides is 8. The Hall–Kier alpha value is -6.95. The van der Waals surface area contributed by atoms with Gasteiger partial charge in [-0.15, -0.1) is 11.8 Å². The molecule has 1 aliphatic heterocycles. The molecule has 1 aromatic carbocycles. The Bertz CT molecular complexity index is 2380. The minimum Gasteiger partial charge on any atom is -0.489 e. The first-order chi connectivity index (χ1) is 35.2. The van der Waals surface area contributed by atoms with Crippen LogP contribution in [0.1, 0.15) is 84.9 Å². The van der Waals surface area contributed by atoms with Gasteiger partial charge < -0.3 is 52.5 Å². The highest BCUT2D eigenvalue weighted by molar-refractivity contribution is 8.00. The number of carboxylic acids is 1. The van der Waals surface area contributed by atoms with Gasteiger partial charge in [0, 0.05) is 49.6 Å². The molecule has 1 unspecified atom stereocenters. The third kappa shape index (κ3) is 18.5. The van der Waals surface area contributed by atoms with Crippen molar-refractivity contribution >= 4 is 65.0 Å². The third-order valence-corrected chi connectivity index (χ3v) is 13.7. The highest BCUT2D eigenvalue weighted by atomic mass is 32.2. The van der Waals surface area contributed by atoms with E-state index in [1.54, 1.807) is 45.0 Å². The number of carbonyl (C=O) groups excluding carboxylic acids is 8. The molecule has 3 heterocycles. The Kier molecular flexibility index (Phi) is 23.9. The fraction of sp³-hybridized carbons (Fsp3) is 0.540. The Labute approximate surface area is 433 Å². The summed E-state index contributed by atoms with van der Waals surface area (Å²) < 4.78 is 19.1. The molecule has 2 aromatic heterocycles. The quantitative estimate of drug-likeness (QED) is 0.0248. The molecule has 24 heteroatoms. The molecule has 1 fully saturated rings. The largest absolute Gasteiger partial charge is 0.489 e. The van der Waals surface area contributed by atoms with Crippen molar-refractivity contribution in [2.75, 3.05) is 25.4 Å². The van der Waals surface area contributed by atoms with Crippen LogP contribution < -0.4 is 42.4 Å². The second-order valence-corrected chi connectivity index (χ2v) is 19.9. The Morgan fingerprint density at radius 3 is 2.11 bits per heavy atom. The Balaban J connectivity index is 1.36. The number of thioether (sulfide) groups is 1. The van der Waals surface area contributed by atoms with Crippen LogP contribution in [0.5, 0.6) is 5.75 Å². The van der Waals surface area contributed by atoms with E-state index in [0.29, 0.717) is 18.5 Å². The monoisotopic (exact) mass is 1050 g/mol. The molecule has 0 radical (unpaired) electrons. The number of nitrogens with one attached hydrogen (secondary N) is 7. The topological polar surface area (TPSA) is 326 Å². The molecule has 0 saturated carbocycles. The molecule has 22 nitrogen and oxygen atoms in total. The summed E-state index contributed by atoms with van der Waals surface area (Å²) in [4.78, 5) is 132. The minimum atomic E-state index is -1.51. The molecular formula is C50H70FN11O11S. The van der Waals surface area contributed by atoms with E-state index in [9.17, 15) is 52.6 Å². The van der Waals surface area contributed by atoms with Gasteiger partial charge in [0.2, 0.25) is 47.3 Å². The van der Waals surface area contributed by atoms with Crippen LogP contribution in [0.4, 0.5) is 4.39 Å². The van der Waals surface area contributed by atoms with E-state index in [-0.39, 0.29) is 62.7 Å². The number of pyridine rings is 1. The van der Waals surface area contributed by atoms with Crippen LogP contribution in [-0.2, 0) is 56.0 Å². The lowest BCUT2D eigenvalue weighted by atomic mass is 9.94. The normalized spacial score (nSPS) is 16.7. The van der Waals surface area contributed by atoms with Gasteiger partial charge in [-0.3, -0.25) is 43.3 Å². The zero-order chi connectivity index (χ0) is 54.5. The number of aliphatic carboxylic acids is 1. The molecular weight excluding hydrogens is 981 g/mol. The van der Waals surface area contributed by atoms with Gasteiger partial charge in [-0.05, 0) is 48.3 Å². The number of carbonyl (C=O) groups is 9. The lowest BCUT2D eigenvalue weighted by Gasteiger charge is -2.30. The molecule has 9 atom stereocenters. The van der Waals surface area contributed by atoms with Crippen LogP contribution in [0, 0.1) is 23.7 Å². The highest BCUT2D eigenvalue weighted by Gasteiger charge is 2.40. The number of H-pyrrole nitrogens is 1. The van der Waals surface area contributed by atoms with Gasteiger partial charge in [0.1, 0.15) is 30.2 Å². The van der Waals surface area contributed by atoms with Crippen molar-refractivity contribution in [3.05, 3.63) is 78.4 Å². The second-order valence-electron chi connectivity index (χ2n) is 18.7. The van der Waals surface area contributed by atoms with Gasteiger partial charge in [-0.25, -0.2) is 14.8 Å². The van der Waals surface area contributed by atoms with Gasteiger partial charge in [0.05, 0.1) is 30.8 Å². The summed E-state index contributed by atoms with van der Waals surface area (Å²) in [7, 11) is 0. The molecule has 0 aliphatic carbocycles. The van der Waals surface area contributed by atoms with E-state index < -0.39 is 119 Å². The maximum Gasteiger partial charge on any atom is 0.327 e. The highest BCUT2D eigenvalue weighted by Crippen LogP contribution is 2.26. The number of aromatic nitrogens is 3. The zero-order valence-electron chi connectivity index (χ0n) is 42.6. The van der Waals surface area contributed by atoms with Crippen LogP contribution in [0.15, 0.2) is 61.2 Å². The van der Waals surface area contributed by atoms with Crippen LogP contribution in [-0.4, -0.2) is 145 Å². The fourth-order valence-electron chi connectivity index (χ4n) is 7.75. The molecule has 404 valence electrons. The van der Waals surface area contributed by atoms with Crippen molar-refractivity contribution in [3.8, 4) is 5.75 Å². The number of likely N-dealkylation sites (tertiary alicyclic amines) is 1. The number of aromatic amines is 1. The molecule has 1 aliphatic rings. The number of hydrogen-bond acceptors (Lipinski definition) is 14. The molecule has 8 amide bonds. The predicted molar refractivity (Wildman–Crippen MR) is 271 cm³/mol. The fourth-order valence-corrected chi connectivity index (χ4v) is 8.93. The van der Waals surface area contributed by atoms with Gasteiger partial charge in [-0.2, -0.15) is 4.39 Å². The Morgan fingerprint density at radius 1 is 0.838 bits per heavy atom. The lowest BCUT2D eigenvalue weighted by molar-refractivity contribution is -0.141. The van der Waals surface area contributed by atoms with E-state index in [2.05, 4.69) is 46.9 Å². The van der Waals surface area contributed by atoms with Crippen molar-refractivity contribution in [2.45, 2.75) is 128 Å². The number of nitrogens with two attached hydrogens (primary N) is 1. The molecule has 3 aromatic rings. The van der Waals surface area contributed by atoms with Gasteiger partial charge in [0.15, 0.2) is 5.75 Å². The summed E-state index contributed by atoms with van der Waals surface area (Å²) in [6.07, 6.45) is 5.45. The zero-order valence-corrected chi connectivity index (χ0v) is 43.4. The smallest absolute Gasteiger partial charge is 0.327 e. The minimum absolute atomic E-state index is 0.00230. The standard InChI is InChI=1S/C50H70FN11O11S/c1-7-29(5)41(47(68)55-25-39(63)57-36(50(71)72)26-74-38-23-40(64)62(49(38)70)18-13-19-73-37-16-12-17-54-43(37)51)61-48(69)42(30(6)8-2)60-46(67)34(20-28(3)4)59-45(66)35(21-31-14-10-9-11-15-31)58-44(65)33(52)22-32-24-53-27-56-32/h9-12,14-17,24,27-30,33-36,38,41-42H,7-8,13,18-23,25-26,52H2,1-6H3,(H,53,56)(H,55,68)(H,57,63)(H,58,65)(H,59,66)(H,60,67)(H,61,69)(H,71,72)/t29-,30-,33-,34-,35-,36-,38?,41-,42-/m0/s1/i51-1. The SMILES string of the molecule is CC[C@H](C)[C@H](NC(=O)[C@H](CC(C)C)NC(=O)[C@H](Cc1ccccc1)NC(=O)[C@@H](N)Cc1cnc[nH]1)C(=O)N[C@H](C(=O)NCC(=O)N[C@@H](CSC1CC(=O)N(CCCOc2cccnc2[18F])C1=O)C(=O)O)[C@@H](C)CC. The average molecular weight is 1050 g/mol. The average Bonchev–Trinajstić information content (AvgIpc) is 3.99. The molecule has 0 spiro atoms. The maximum absolute atomic E-state index is 14.2. The third-order valence-electron chi connectivity index (χ3n) is 12.4. The van der Waals surface area contributed by atoms with Crippen molar-refractivity contribution < 1.29 is 57.4 Å². The first-order valence-corrected chi connectivity index (χ1v) is 25.7. The van der Waals surface area contributed by atoms with Gasteiger partial charge >= 0.3 is 5.97 Å². The number of nitrogens with zero attached hydrogens (tertiary/aromatic N) is 3. The number of benzene rings is 1. The van der Waals surface area contributed by atoms with E-state index in [1.165, 1.54) is 30.9 Å². The van der Waals surface area contributed by atoms with Crippen LogP contribution in [0.3, 0.4) is 0 Å². The van der Waals surface area contributed by atoms with Crippen LogP contribution in [0.2, 0.25) is 0 Å². The summed E-state index contributed by atoms with van der Waals surface area (Å²) in [5, 5.41) is 24.9. The van der Waals surface area contributed by atoms with E-state index >= 15 is 0 Å². The van der Waals surface area contributed by atoms with Gasteiger partial charge in [-0.1, -0.05) is 84.7 Å². The number of imidazole rings is 1. The summed E-state index contributed by atoms with van der Waals surface area (Å²) in [5.41, 5.74) is 7.56. The van der Waals surface area contributed by atoms with Crippen molar-refractivity contribution in [1.82, 2.24) is 51.8 Å². The number of rotatable bonds is 31. The van der Waals surface area contributed by atoms with E-state index in [0.717, 1.165) is 22.2 Å². The summed E-state index contributed by atoms with van der Waals surface area (Å²) in [5.74, 6) is -8.97. The molecule has 74 heavy (non-hydrogen) atoms. The van der Waals surface area contributed by atoms with Crippen LogP contribution >= 0.6 is 11.8 Å². The number of imide groups is 1. The van der Waals surface area contributed by atoms with E-state index in [1.807, 2.05) is 26.8 Å². The number of halogens is 1. The summed E-state index contributed by atoms with van der Waals surface area (Å²) in [6.45, 7) is 10.1. The lowest BCUT2D eigenvalue weighted by Crippen LogP contribution is -2.61. The first kappa shape index (κ1) is 59.6. The summed E-state index contributed by atoms with van der Waals surface area (Å²) in [6, 6.07) is 4.62. The number of hydrogen-bond donors (Lipinski definition) is 9. The first-order valence-electron chi connectivity index (χ1n) is 24.7. The maximum atomic E-state index is 14.2. The molecule has 4 rings (SSSR count). The van der Waals surface area contributed by atoms with Crippen molar-refractivity contribution in [1.29, 1.82) is 0 Å². The molecule has 1 saturated heterocycles. The Morgan fingerprint density at radius 2 is 1.49 bits per heavy atom. The predicted octanol–water partition coefficient (Wildman–Crippen LogP) is 1.15. The summed E-state index contributed by atoms with van der Waals surface area (Å²) >= 11 is 0.878. The number of carboxylic acid groups (broad SMARTS) is 1. The van der Waals surface area contributed by atoms with Crippen molar-refractivity contribution in [3.63, 3.8) is 0 Å². The molecule has 0 bridgehead atoms. The van der Waals surface area contributed by atoms with Crippen molar-refractivity contribution in [2.24, 2.45) is 23.5 Å². The van der Waals surface area contributed by atoms with E-state index in [4.69, 9.17) is 10.5 Å². The second kappa shape index (κ2) is 29.7.